The number of pyridine rings is 2. The number of nitrogens with one attached hydrogen (secondary N) is 1. The second kappa shape index (κ2) is 8.79. The third-order valence-corrected chi connectivity index (χ3v) is 6.84. The molecule has 5 rings (SSSR count). The van der Waals surface area contributed by atoms with Gasteiger partial charge in [-0.3, -0.25) is 4.40 Å². The van der Waals surface area contributed by atoms with E-state index in [-0.39, 0.29) is 23.2 Å². The van der Waals surface area contributed by atoms with E-state index in [1.165, 1.54) is 12.1 Å². The smallest absolute Gasteiger partial charge is 0.404 e. The summed E-state index contributed by atoms with van der Waals surface area (Å²) in [5, 5.41) is 21.3. The van der Waals surface area contributed by atoms with Crippen molar-refractivity contribution in [2.45, 2.75) is 39.7 Å². The van der Waals surface area contributed by atoms with Gasteiger partial charge in [0.1, 0.15) is 11.5 Å². The van der Waals surface area contributed by atoms with Crippen molar-refractivity contribution in [3.63, 3.8) is 0 Å². The molecule has 0 radical (unpaired) electrons. The number of aromatic nitrogens is 4. The Hall–Kier alpha value is -3.75. The van der Waals surface area contributed by atoms with Crippen molar-refractivity contribution in [2.75, 3.05) is 18.0 Å². The van der Waals surface area contributed by atoms with E-state index in [4.69, 9.17) is 4.98 Å². The molecule has 0 saturated carbocycles. The number of rotatable bonds is 4. The van der Waals surface area contributed by atoms with Gasteiger partial charge in [0.05, 0.1) is 11.2 Å². The zero-order chi connectivity index (χ0) is 24.7. The summed E-state index contributed by atoms with van der Waals surface area (Å²) >= 11 is 0. The van der Waals surface area contributed by atoms with E-state index < -0.39 is 6.09 Å². The van der Waals surface area contributed by atoms with Crippen LogP contribution in [0.15, 0.2) is 48.7 Å². The van der Waals surface area contributed by atoms with Crippen LogP contribution in [0.3, 0.4) is 0 Å². The van der Waals surface area contributed by atoms with E-state index in [0.29, 0.717) is 30.1 Å². The first-order chi connectivity index (χ1) is 16.7. The molecule has 0 spiro atoms. The summed E-state index contributed by atoms with van der Waals surface area (Å²) in [5.41, 5.74) is 2.65. The molecule has 35 heavy (non-hydrogen) atoms. The van der Waals surface area contributed by atoms with Crippen LogP contribution < -0.4 is 10.2 Å². The summed E-state index contributed by atoms with van der Waals surface area (Å²) in [4.78, 5) is 18.4. The number of fused-ring (bicyclic) bond motifs is 2. The van der Waals surface area contributed by atoms with Gasteiger partial charge < -0.3 is 15.3 Å². The Morgan fingerprint density at radius 2 is 1.91 bits per heavy atom. The number of hydrogen-bond acceptors (Lipinski definition) is 5. The van der Waals surface area contributed by atoms with Crippen molar-refractivity contribution >= 4 is 28.3 Å². The van der Waals surface area contributed by atoms with Crippen molar-refractivity contribution in [3.8, 4) is 11.5 Å². The van der Waals surface area contributed by atoms with Crippen LogP contribution in [0, 0.1) is 17.2 Å². The molecule has 1 aromatic carbocycles. The summed E-state index contributed by atoms with van der Waals surface area (Å²) in [5.74, 6) is 0.523. The van der Waals surface area contributed by atoms with Crippen LogP contribution in [-0.2, 0) is 0 Å². The fourth-order valence-corrected chi connectivity index (χ4v) is 5.21. The lowest BCUT2D eigenvalue weighted by Gasteiger charge is -2.42. The monoisotopic (exact) mass is 476 g/mol. The van der Waals surface area contributed by atoms with Crippen LogP contribution in [0.2, 0.25) is 0 Å². The van der Waals surface area contributed by atoms with Crippen molar-refractivity contribution in [3.05, 3.63) is 54.5 Å². The second-order valence-electron chi connectivity index (χ2n) is 10.3. The molecule has 182 valence electrons. The molecule has 4 aromatic rings. The van der Waals surface area contributed by atoms with Crippen molar-refractivity contribution in [1.29, 1.82) is 0 Å². The molecule has 1 aliphatic rings. The predicted molar refractivity (Wildman–Crippen MR) is 133 cm³/mol. The van der Waals surface area contributed by atoms with Crippen LogP contribution in [0.5, 0.6) is 0 Å². The third kappa shape index (κ3) is 4.50. The summed E-state index contributed by atoms with van der Waals surface area (Å²) in [6.45, 7) is 7.55. The molecule has 4 heterocycles. The lowest BCUT2D eigenvalue weighted by molar-refractivity contribution is 0.142. The van der Waals surface area contributed by atoms with E-state index in [9.17, 15) is 14.3 Å². The summed E-state index contributed by atoms with van der Waals surface area (Å²) in [6.07, 6.45) is 2.49. The van der Waals surface area contributed by atoms with Gasteiger partial charge in [0.2, 0.25) is 0 Å². The largest absolute Gasteiger partial charge is 0.465 e. The lowest BCUT2D eigenvalue weighted by Crippen LogP contribution is -2.51. The highest BCUT2D eigenvalue weighted by Crippen LogP contribution is 2.36. The van der Waals surface area contributed by atoms with Crippen molar-refractivity contribution in [2.24, 2.45) is 11.3 Å². The van der Waals surface area contributed by atoms with E-state index in [0.717, 1.165) is 29.6 Å². The average molecular weight is 477 g/mol. The Kier molecular flexibility index (Phi) is 5.78. The van der Waals surface area contributed by atoms with Crippen LogP contribution in [0.25, 0.3) is 28.1 Å². The molecule has 2 N–H and O–H groups in total. The van der Waals surface area contributed by atoms with Gasteiger partial charge in [-0.2, -0.15) is 0 Å². The highest BCUT2D eigenvalue weighted by molar-refractivity contribution is 5.92. The van der Waals surface area contributed by atoms with Crippen LogP contribution >= 0.6 is 0 Å². The minimum absolute atomic E-state index is 0.155. The van der Waals surface area contributed by atoms with E-state index in [2.05, 4.69) is 41.2 Å². The number of anilines is 1. The molecule has 1 saturated heterocycles. The number of piperidine rings is 1. The maximum Gasteiger partial charge on any atom is 0.404 e. The topological polar surface area (TPSA) is 95.7 Å². The first-order valence-electron chi connectivity index (χ1n) is 11.9. The zero-order valence-corrected chi connectivity index (χ0v) is 20.1. The number of halogens is 1. The molecule has 0 aliphatic carbocycles. The normalized spacial score (nSPS) is 16.1. The maximum absolute atomic E-state index is 14.6. The van der Waals surface area contributed by atoms with Gasteiger partial charge >= 0.3 is 6.09 Å². The second-order valence-corrected chi connectivity index (χ2v) is 10.3. The van der Waals surface area contributed by atoms with Crippen LogP contribution in [0.4, 0.5) is 14.9 Å². The minimum Gasteiger partial charge on any atom is -0.465 e. The van der Waals surface area contributed by atoms with Gasteiger partial charge in [-0.15, -0.1) is 10.2 Å². The molecule has 1 atom stereocenters. The first-order valence-corrected chi connectivity index (χ1v) is 11.9. The van der Waals surface area contributed by atoms with Crippen LogP contribution in [-0.4, -0.2) is 49.9 Å². The highest BCUT2D eigenvalue weighted by Gasteiger charge is 2.36. The molecular formula is C26H29FN6O2. The van der Waals surface area contributed by atoms with E-state index in [1.807, 2.05) is 40.9 Å². The number of hydrogen-bond donors (Lipinski definition) is 2. The summed E-state index contributed by atoms with van der Waals surface area (Å²) in [7, 11) is 0. The van der Waals surface area contributed by atoms with E-state index >= 15 is 0 Å². The molecule has 1 amide bonds. The highest BCUT2D eigenvalue weighted by atomic mass is 19.1. The average Bonchev–Trinajstić information content (AvgIpc) is 3.25. The van der Waals surface area contributed by atoms with Gasteiger partial charge in [0.25, 0.3) is 0 Å². The lowest BCUT2D eigenvalue weighted by atomic mass is 9.75. The fraction of sp³-hybridized carbons (Fsp3) is 0.385. The maximum atomic E-state index is 14.6. The molecule has 1 unspecified atom stereocenters. The number of benzene rings is 1. The minimum atomic E-state index is -0.999. The molecule has 0 bridgehead atoms. The molecule has 3 aromatic heterocycles. The molecule has 9 heteroatoms. The molecule has 8 nitrogen and oxygen atoms in total. The predicted octanol–water partition coefficient (Wildman–Crippen LogP) is 4.98. The van der Waals surface area contributed by atoms with Gasteiger partial charge in [0, 0.05) is 30.7 Å². The van der Waals surface area contributed by atoms with Gasteiger partial charge in [0.15, 0.2) is 11.5 Å². The number of carboxylic acid groups (broad SMARTS) is 1. The zero-order valence-electron chi connectivity index (χ0n) is 20.1. The third-order valence-electron chi connectivity index (χ3n) is 6.84. The molecule has 1 fully saturated rings. The standard InChI is InChI=1S/C26H29FN6O2/c1-26(2,3)23(29-25(34)35)16-9-12-32(13-10-16)20-15-18(27)14-17-7-8-19(28-22(17)20)24-31-30-21-6-4-5-11-33(21)24/h4-8,11,14-16,23,29H,9-10,12-13H2,1-3H3,(H,34,35). The quantitative estimate of drug-likeness (QED) is 0.431. The first kappa shape index (κ1) is 23.0. The van der Waals surface area contributed by atoms with Gasteiger partial charge in [-0.05, 0) is 54.5 Å². The van der Waals surface area contributed by atoms with Crippen molar-refractivity contribution < 1.29 is 14.3 Å². The Bertz CT molecular complexity index is 1390. The fourth-order valence-electron chi connectivity index (χ4n) is 5.21. The molecule has 1 aliphatic heterocycles. The summed E-state index contributed by atoms with van der Waals surface area (Å²) in [6, 6.07) is 12.3. The van der Waals surface area contributed by atoms with Crippen molar-refractivity contribution in [1.82, 2.24) is 24.9 Å². The number of nitrogens with zero attached hydrogens (tertiary/aromatic N) is 5. The molecular weight excluding hydrogens is 447 g/mol. The number of carbonyl (C=O) groups is 1. The Balaban J connectivity index is 1.47. The number of amides is 1. The SMILES string of the molecule is CC(C)(C)C(NC(=O)O)C1CCN(c2cc(F)cc3ccc(-c4nnc5ccccn45)nc23)CC1. The summed E-state index contributed by atoms with van der Waals surface area (Å²) < 4.78 is 16.5. The Labute approximate surface area is 202 Å². The van der Waals surface area contributed by atoms with Crippen LogP contribution in [0.1, 0.15) is 33.6 Å². The van der Waals surface area contributed by atoms with E-state index in [1.54, 1.807) is 0 Å². The van der Waals surface area contributed by atoms with Gasteiger partial charge in [-0.25, -0.2) is 14.2 Å². The Morgan fingerprint density at radius 3 is 2.63 bits per heavy atom. The van der Waals surface area contributed by atoms with Gasteiger partial charge in [-0.1, -0.05) is 32.9 Å². The Morgan fingerprint density at radius 1 is 1.14 bits per heavy atom.